The summed E-state index contributed by atoms with van der Waals surface area (Å²) in [5.41, 5.74) is -2.04. The van der Waals surface area contributed by atoms with Crippen molar-refractivity contribution in [2.75, 3.05) is 19.6 Å². The highest BCUT2D eigenvalue weighted by Crippen LogP contribution is 2.62. The Hall–Kier alpha value is -2.26. The third-order valence-corrected chi connectivity index (χ3v) is 8.70. The van der Waals surface area contributed by atoms with Gasteiger partial charge in [-0.3, -0.25) is 0 Å². The normalized spacial score (nSPS) is 18.1. The van der Waals surface area contributed by atoms with E-state index in [0.29, 0.717) is 38.9 Å². The molecule has 3 N–H and O–H groups in total. The quantitative estimate of drug-likeness (QED) is 0.157. The van der Waals surface area contributed by atoms with Crippen molar-refractivity contribution in [3.63, 3.8) is 0 Å². The van der Waals surface area contributed by atoms with Crippen molar-refractivity contribution in [2.45, 2.75) is 87.2 Å². The second kappa shape index (κ2) is 12.4. The van der Waals surface area contributed by atoms with Gasteiger partial charge in [-0.25, -0.2) is 0 Å². The second-order valence-corrected chi connectivity index (χ2v) is 11.6. The standard InChI is InChI=1S/C29H48N4O/c1-12-14-15-28(10,22-31)26(7,8)29(11,24(4)33-19-23(3)34)20-25(5,6)27(9,21-30)16-18-32-17-13-2/h2,12,23,32-34H,1,4,14-20H2,3,5-11H3. The molecule has 0 aromatic rings. The highest BCUT2D eigenvalue weighted by atomic mass is 16.3. The molecule has 0 aliphatic heterocycles. The highest BCUT2D eigenvalue weighted by Gasteiger charge is 2.57. The van der Waals surface area contributed by atoms with Crippen LogP contribution in [0.3, 0.4) is 0 Å². The lowest BCUT2D eigenvalue weighted by molar-refractivity contribution is -0.0417. The average molecular weight is 469 g/mol. The number of hydrogen-bond acceptors (Lipinski definition) is 5. The molecule has 0 spiro atoms. The molecule has 0 aromatic heterocycles. The lowest BCUT2D eigenvalue weighted by Crippen LogP contribution is -2.54. The van der Waals surface area contributed by atoms with Crippen LogP contribution in [-0.4, -0.2) is 30.8 Å². The van der Waals surface area contributed by atoms with Gasteiger partial charge in [0.15, 0.2) is 0 Å². The Bertz CT molecular complexity index is 823. The van der Waals surface area contributed by atoms with Crippen LogP contribution in [0.1, 0.15) is 81.1 Å². The number of rotatable bonds is 16. The van der Waals surface area contributed by atoms with Gasteiger partial charge in [0.2, 0.25) is 0 Å². The van der Waals surface area contributed by atoms with Crippen LogP contribution < -0.4 is 10.6 Å². The largest absolute Gasteiger partial charge is 0.392 e. The molecule has 0 saturated heterocycles. The average Bonchev–Trinajstić information content (AvgIpc) is 2.77. The third kappa shape index (κ3) is 6.88. The van der Waals surface area contributed by atoms with Crippen LogP contribution in [0.5, 0.6) is 0 Å². The summed E-state index contributed by atoms with van der Waals surface area (Å²) in [5.74, 6) is 2.57. The number of allylic oxidation sites excluding steroid dienone is 2. The van der Waals surface area contributed by atoms with E-state index in [1.54, 1.807) is 6.92 Å². The number of nitriles is 2. The number of terminal acetylenes is 1. The number of hydrogen-bond donors (Lipinski definition) is 3. The van der Waals surface area contributed by atoms with E-state index in [0.717, 1.165) is 12.1 Å². The molecule has 0 saturated carbocycles. The van der Waals surface area contributed by atoms with Crippen LogP contribution in [0, 0.1) is 62.1 Å². The number of aliphatic hydroxyl groups excluding tert-OH is 1. The summed E-state index contributed by atoms with van der Waals surface area (Å²) in [6, 6.07) is 5.19. The van der Waals surface area contributed by atoms with Gasteiger partial charge in [-0.15, -0.1) is 13.0 Å². The number of nitrogens with zero attached hydrogens (tertiary/aromatic N) is 2. The molecular formula is C29H48N4O. The Morgan fingerprint density at radius 1 is 1.06 bits per heavy atom. The van der Waals surface area contributed by atoms with Gasteiger partial charge in [0, 0.05) is 17.7 Å². The summed E-state index contributed by atoms with van der Waals surface area (Å²) in [4.78, 5) is 0. The van der Waals surface area contributed by atoms with Crippen LogP contribution in [-0.2, 0) is 0 Å². The lowest BCUT2D eigenvalue weighted by atomic mass is 9.46. The first kappa shape index (κ1) is 31.7. The van der Waals surface area contributed by atoms with E-state index in [1.165, 1.54) is 0 Å². The van der Waals surface area contributed by atoms with Crippen molar-refractivity contribution >= 4 is 0 Å². The molecule has 0 amide bonds. The Morgan fingerprint density at radius 3 is 2.06 bits per heavy atom. The van der Waals surface area contributed by atoms with Gasteiger partial charge in [0.05, 0.1) is 35.6 Å². The Kier molecular flexibility index (Phi) is 11.6. The Balaban J connectivity index is 6.52. The smallest absolute Gasteiger partial charge is 0.0692 e. The molecule has 0 aliphatic rings. The molecule has 190 valence electrons. The minimum atomic E-state index is -0.668. The summed E-state index contributed by atoms with van der Waals surface area (Å²) >= 11 is 0. The highest BCUT2D eigenvalue weighted by molar-refractivity contribution is 5.22. The maximum Gasteiger partial charge on any atom is 0.0692 e. The van der Waals surface area contributed by atoms with Gasteiger partial charge in [-0.2, -0.15) is 10.5 Å². The molecule has 0 rings (SSSR count). The number of nitrogens with one attached hydrogen (secondary N) is 2. The van der Waals surface area contributed by atoms with E-state index < -0.39 is 33.2 Å². The third-order valence-electron chi connectivity index (χ3n) is 8.70. The predicted molar refractivity (Wildman–Crippen MR) is 142 cm³/mol. The predicted octanol–water partition coefficient (Wildman–Crippen LogP) is 5.56. The maximum absolute atomic E-state index is 10.3. The fourth-order valence-corrected chi connectivity index (χ4v) is 4.80. The molecular weight excluding hydrogens is 420 g/mol. The first-order valence-electron chi connectivity index (χ1n) is 12.2. The zero-order valence-corrected chi connectivity index (χ0v) is 22.9. The van der Waals surface area contributed by atoms with E-state index >= 15 is 0 Å². The summed E-state index contributed by atoms with van der Waals surface area (Å²) in [6.45, 7) is 26.1. The van der Waals surface area contributed by atoms with Gasteiger partial charge in [-0.05, 0) is 63.8 Å². The van der Waals surface area contributed by atoms with Crippen molar-refractivity contribution in [1.82, 2.24) is 10.6 Å². The molecule has 4 unspecified atom stereocenters. The van der Waals surface area contributed by atoms with E-state index in [1.807, 2.05) is 19.9 Å². The van der Waals surface area contributed by atoms with Crippen LogP contribution >= 0.6 is 0 Å². The van der Waals surface area contributed by atoms with Gasteiger partial charge < -0.3 is 15.7 Å². The SMILES string of the molecule is C#CCNCCC(C)(C#N)C(C)(C)CC(C)(C(=C)NCC(C)O)C(C)(C)C(C)(C#N)CCC=C. The molecule has 34 heavy (non-hydrogen) atoms. The van der Waals surface area contributed by atoms with Crippen molar-refractivity contribution in [1.29, 1.82) is 10.5 Å². The molecule has 0 aliphatic carbocycles. The number of aliphatic hydroxyl groups is 1. The van der Waals surface area contributed by atoms with Crippen molar-refractivity contribution in [2.24, 2.45) is 27.1 Å². The van der Waals surface area contributed by atoms with E-state index in [2.05, 4.69) is 76.5 Å². The van der Waals surface area contributed by atoms with Crippen molar-refractivity contribution in [3.8, 4) is 24.5 Å². The van der Waals surface area contributed by atoms with E-state index in [-0.39, 0.29) is 0 Å². The fraction of sp³-hybridized carbons (Fsp3) is 0.724. The van der Waals surface area contributed by atoms with Gasteiger partial charge in [-0.1, -0.05) is 53.2 Å². The monoisotopic (exact) mass is 468 g/mol. The molecule has 4 atom stereocenters. The van der Waals surface area contributed by atoms with Crippen LogP contribution in [0.25, 0.3) is 0 Å². The topological polar surface area (TPSA) is 91.9 Å². The van der Waals surface area contributed by atoms with E-state index in [9.17, 15) is 15.6 Å². The molecule has 5 heteroatoms. The van der Waals surface area contributed by atoms with Crippen LogP contribution in [0.2, 0.25) is 0 Å². The minimum absolute atomic E-state index is 0.367. The molecule has 5 nitrogen and oxygen atoms in total. The van der Waals surface area contributed by atoms with E-state index in [4.69, 9.17) is 6.42 Å². The zero-order valence-electron chi connectivity index (χ0n) is 22.9. The Morgan fingerprint density at radius 2 is 1.62 bits per heavy atom. The lowest BCUT2D eigenvalue weighted by Gasteiger charge is -2.57. The molecule has 0 heterocycles. The molecule has 0 bridgehead atoms. The summed E-state index contributed by atoms with van der Waals surface area (Å²) < 4.78 is 0. The molecule has 0 aromatic carbocycles. The van der Waals surface area contributed by atoms with Crippen LogP contribution in [0.15, 0.2) is 24.9 Å². The van der Waals surface area contributed by atoms with Gasteiger partial charge in [0.1, 0.15) is 0 Å². The van der Waals surface area contributed by atoms with Crippen molar-refractivity contribution < 1.29 is 5.11 Å². The molecule has 0 fully saturated rings. The maximum atomic E-state index is 10.3. The first-order valence-corrected chi connectivity index (χ1v) is 12.2. The Labute approximate surface area is 209 Å². The summed E-state index contributed by atoms with van der Waals surface area (Å²) in [5, 5.41) is 37.0. The fourth-order valence-electron chi connectivity index (χ4n) is 4.80. The minimum Gasteiger partial charge on any atom is -0.392 e. The van der Waals surface area contributed by atoms with Crippen molar-refractivity contribution in [3.05, 3.63) is 24.9 Å². The van der Waals surface area contributed by atoms with Gasteiger partial charge >= 0.3 is 0 Å². The summed E-state index contributed by atoms with van der Waals surface area (Å²) in [6.07, 6.45) is 9.35. The first-order chi connectivity index (χ1) is 15.5. The molecule has 0 radical (unpaired) electrons. The second-order valence-electron chi connectivity index (χ2n) is 11.6. The van der Waals surface area contributed by atoms with Gasteiger partial charge in [0.25, 0.3) is 0 Å². The zero-order chi connectivity index (χ0) is 26.8. The van der Waals surface area contributed by atoms with Crippen LogP contribution in [0.4, 0.5) is 0 Å². The summed E-state index contributed by atoms with van der Waals surface area (Å²) in [7, 11) is 0.